The molecule has 0 bridgehead atoms. The predicted octanol–water partition coefficient (Wildman–Crippen LogP) is 2.61. The van der Waals surface area contributed by atoms with Crippen LogP contribution in [-0.4, -0.2) is 9.55 Å². The molecule has 0 saturated carbocycles. The van der Waals surface area contributed by atoms with Crippen LogP contribution in [0.1, 0.15) is 11.4 Å². The van der Waals surface area contributed by atoms with Crippen molar-refractivity contribution in [3.05, 3.63) is 56.7 Å². The largest absolute Gasteiger partial charge is 0.317 e. The molecule has 0 fully saturated rings. The fourth-order valence-corrected chi connectivity index (χ4v) is 2.22. The first-order chi connectivity index (χ1) is 7.59. The van der Waals surface area contributed by atoms with E-state index in [9.17, 15) is 4.79 Å². The first-order valence-electron chi connectivity index (χ1n) is 4.90. The number of aromatic nitrogens is 2. The van der Waals surface area contributed by atoms with Crippen LogP contribution in [0.4, 0.5) is 0 Å². The number of nitrogens with zero attached hydrogens (tertiary/aromatic N) is 2. The van der Waals surface area contributed by atoms with E-state index in [0.717, 1.165) is 21.5 Å². The third-order valence-corrected chi connectivity index (χ3v) is 3.01. The Hall–Kier alpha value is -1.42. The van der Waals surface area contributed by atoms with Crippen LogP contribution in [0.3, 0.4) is 0 Å². The molecule has 82 valence electrons. The van der Waals surface area contributed by atoms with Gasteiger partial charge < -0.3 is 4.57 Å². The molecule has 0 amide bonds. The van der Waals surface area contributed by atoms with Crippen molar-refractivity contribution in [3.63, 3.8) is 0 Å². The molecule has 3 nitrogen and oxygen atoms in total. The first kappa shape index (κ1) is 11.1. The molecule has 0 unspecified atom stereocenters. The minimum Gasteiger partial charge on any atom is -0.317 e. The van der Waals surface area contributed by atoms with Crippen molar-refractivity contribution in [1.82, 2.24) is 9.55 Å². The van der Waals surface area contributed by atoms with E-state index >= 15 is 0 Å². The van der Waals surface area contributed by atoms with Gasteiger partial charge in [-0.05, 0) is 35.8 Å². The molecular weight excluding hydrogens is 268 g/mol. The van der Waals surface area contributed by atoms with Crippen LogP contribution >= 0.6 is 15.9 Å². The van der Waals surface area contributed by atoms with Crippen molar-refractivity contribution in [3.8, 4) is 5.69 Å². The van der Waals surface area contributed by atoms with Gasteiger partial charge in [0.15, 0.2) is 5.43 Å². The minimum absolute atomic E-state index is 0.0384. The molecule has 0 N–H and O–H groups in total. The number of pyridine rings is 2. The molecule has 2 rings (SSSR count). The van der Waals surface area contributed by atoms with E-state index in [-0.39, 0.29) is 5.43 Å². The molecule has 0 radical (unpaired) electrons. The number of aryl methyl sites for hydroxylation is 2. The average molecular weight is 279 g/mol. The lowest BCUT2D eigenvalue weighted by Gasteiger charge is -2.15. The number of hydrogen-bond donors (Lipinski definition) is 0. The van der Waals surface area contributed by atoms with Gasteiger partial charge in [0, 0.05) is 35.9 Å². The van der Waals surface area contributed by atoms with E-state index in [0.29, 0.717) is 0 Å². The molecule has 0 aliphatic rings. The SMILES string of the molecule is Cc1cc(=O)cc(C)n1-c1ccncc1Br. The van der Waals surface area contributed by atoms with Crippen LogP contribution < -0.4 is 5.43 Å². The quantitative estimate of drug-likeness (QED) is 0.804. The van der Waals surface area contributed by atoms with Gasteiger partial charge in [-0.3, -0.25) is 9.78 Å². The topological polar surface area (TPSA) is 34.9 Å². The Balaban J connectivity index is 2.75. The zero-order valence-corrected chi connectivity index (χ0v) is 10.7. The molecule has 2 aromatic rings. The molecular formula is C12H11BrN2O. The van der Waals surface area contributed by atoms with Crippen LogP contribution in [0.25, 0.3) is 5.69 Å². The van der Waals surface area contributed by atoms with Crippen molar-refractivity contribution >= 4 is 15.9 Å². The summed E-state index contributed by atoms with van der Waals surface area (Å²) in [5.41, 5.74) is 2.86. The summed E-state index contributed by atoms with van der Waals surface area (Å²) in [7, 11) is 0. The lowest BCUT2D eigenvalue weighted by atomic mass is 10.2. The van der Waals surface area contributed by atoms with E-state index in [1.165, 1.54) is 0 Å². The Labute approximate surface area is 102 Å². The van der Waals surface area contributed by atoms with Crippen LogP contribution in [0.5, 0.6) is 0 Å². The maximum atomic E-state index is 11.3. The Morgan fingerprint density at radius 2 is 1.88 bits per heavy atom. The molecule has 2 heterocycles. The standard InChI is InChI=1S/C12H11BrN2O/c1-8-5-10(16)6-9(2)15(8)12-3-4-14-7-11(12)13/h3-7H,1-2H3. The van der Waals surface area contributed by atoms with Crippen LogP contribution in [-0.2, 0) is 0 Å². The summed E-state index contributed by atoms with van der Waals surface area (Å²) in [6, 6.07) is 5.16. The highest BCUT2D eigenvalue weighted by molar-refractivity contribution is 9.10. The van der Waals surface area contributed by atoms with E-state index in [4.69, 9.17) is 0 Å². The Kier molecular flexibility index (Phi) is 2.92. The number of hydrogen-bond acceptors (Lipinski definition) is 2. The third-order valence-electron chi connectivity index (χ3n) is 2.40. The van der Waals surface area contributed by atoms with Gasteiger partial charge in [-0.15, -0.1) is 0 Å². The summed E-state index contributed by atoms with van der Waals surface area (Å²) in [6.45, 7) is 3.84. The summed E-state index contributed by atoms with van der Waals surface area (Å²) >= 11 is 3.46. The zero-order valence-electron chi connectivity index (χ0n) is 9.07. The van der Waals surface area contributed by atoms with E-state index in [1.54, 1.807) is 24.5 Å². The smallest absolute Gasteiger partial charge is 0.182 e. The van der Waals surface area contributed by atoms with Crippen molar-refractivity contribution < 1.29 is 0 Å². The van der Waals surface area contributed by atoms with Gasteiger partial charge in [-0.1, -0.05) is 0 Å². The zero-order chi connectivity index (χ0) is 11.7. The van der Waals surface area contributed by atoms with Gasteiger partial charge in [0.25, 0.3) is 0 Å². The Morgan fingerprint density at radius 1 is 1.25 bits per heavy atom. The fourth-order valence-electron chi connectivity index (χ4n) is 1.79. The number of halogens is 1. The van der Waals surface area contributed by atoms with Crippen molar-refractivity contribution in [2.24, 2.45) is 0 Å². The van der Waals surface area contributed by atoms with Gasteiger partial charge in [0.1, 0.15) is 0 Å². The third kappa shape index (κ3) is 1.93. The summed E-state index contributed by atoms with van der Waals surface area (Å²) in [5, 5.41) is 0. The summed E-state index contributed by atoms with van der Waals surface area (Å²) in [5.74, 6) is 0. The summed E-state index contributed by atoms with van der Waals surface area (Å²) < 4.78 is 2.93. The molecule has 0 aliphatic heterocycles. The van der Waals surface area contributed by atoms with Gasteiger partial charge in [-0.25, -0.2) is 0 Å². The Bertz CT molecular complexity index is 564. The number of rotatable bonds is 1. The fraction of sp³-hybridized carbons (Fsp3) is 0.167. The monoisotopic (exact) mass is 278 g/mol. The van der Waals surface area contributed by atoms with Gasteiger partial charge in [0.2, 0.25) is 0 Å². The van der Waals surface area contributed by atoms with Crippen LogP contribution in [0.2, 0.25) is 0 Å². The van der Waals surface area contributed by atoms with Gasteiger partial charge in [0.05, 0.1) is 10.2 Å². The summed E-state index contributed by atoms with van der Waals surface area (Å²) in [6.07, 6.45) is 3.48. The minimum atomic E-state index is 0.0384. The lowest BCUT2D eigenvalue weighted by Crippen LogP contribution is -2.11. The maximum absolute atomic E-state index is 11.3. The molecule has 0 aliphatic carbocycles. The highest BCUT2D eigenvalue weighted by atomic mass is 79.9. The molecule has 0 saturated heterocycles. The highest BCUT2D eigenvalue weighted by Crippen LogP contribution is 2.21. The average Bonchev–Trinajstić information content (AvgIpc) is 2.19. The second-order valence-electron chi connectivity index (χ2n) is 3.64. The summed E-state index contributed by atoms with van der Waals surface area (Å²) in [4.78, 5) is 15.4. The Morgan fingerprint density at radius 3 is 2.44 bits per heavy atom. The van der Waals surface area contributed by atoms with Crippen LogP contribution in [0.15, 0.2) is 39.9 Å². The lowest BCUT2D eigenvalue weighted by molar-refractivity contribution is 0.914. The molecule has 2 aromatic heterocycles. The van der Waals surface area contributed by atoms with Gasteiger partial charge >= 0.3 is 0 Å². The molecule has 0 aromatic carbocycles. The van der Waals surface area contributed by atoms with Crippen molar-refractivity contribution in [1.29, 1.82) is 0 Å². The molecule has 4 heteroatoms. The van der Waals surface area contributed by atoms with Crippen molar-refractivity contribution in [2.75, 3.05) is 0 Å². The van der Waals surface area contributed by atoms with E-state index < -0.39 is 0 Å². The van der Waals surface area contributed by atoms with Crippen molar-refractivity contribution in [2.45, 2.75) is 13.8 Å². The molecule has 16 heavy (non-hydrogen) atoms. The van der Waals surface area contributed by atoms with E-state index in [1.807, 2.05) is 24.5 Å². The first-order valence-corrected chi connectivity index (χ1v) is 5.69. The maximum Gasteiger partial charge on any atom is 0.182 e. The van der Waals surface area contributed by atoms with E-state index in [2.05, 4.69) is 20.9 Å². The molecule has 0 atom stereocenters. The normalized spacial score (nSPS) is 10.4. The highest BCUT2D eigenvalue weighted by Gasteiger charge is 2.06. The predicted molar refractivity (Wildman–Crippen MR) is 67.0 cm³/mol. The van der Waals surface area contributed by atoms with Gasteiger partial charge in [-0.2, -0.15) is 0 Å². The molecule has 0 spiro atoms. The second-order valence-corrected chi connectivity index (χ2v) is 4.49. The van der Waals surface area contributed by atoms with Crippen LogP contribution in [0, 0.1) is 13.8 Å². The second kappa shape index (κ2) is 4.22.